The highest BCUT2D eigenvalue weighted by atomic mass is 32.1. The molecule has 7 nitrogen and oxygen atoms in total. The first-order valence-electron chi connectivity index (χ1n) is 9.34. The Balaban J connectivity index is 1.59. The number of hydrogen-bond acceptors (Lipinski definition) is 7. The zero-order valence-corrected chi connectivity index (χ0v) is 17.7. The fraction of sp³-hybridized carbons (Fsp3) is 0.450. The Kier molecular flexibility index (Phi) is 5.07. The SMILES string of the molecule is COc1ccc(CN2CCn3c(-c4nc(C)c(C)s4)nnc3C2C)c(OC)c1. The van der Waals surface area contributed by atoms with Gasteiger partial charge in [0.25, 0.3) is 0 Å². The Bertz CT molecular complexity index is 977. The van der Waals surface area contributed by atoms with Gasteiger partial charge >= 0.3 is 0 Å². The molecule has 8 heteroatoms. The van der Waals surface area contributed by atoms with Crippen molar-refractivity contribution < 1.29 is 9.47 Å². The zero-order chi connectivity index (χ0) is 19.8. The number of fused-ring (bicyclic) bond motifs is 1. The highest BCUT2D eigenvalue weighted by Crippen LogP contribution is 2.33. The van der Waals surface area contributed by atoms with Crippen LogP contribution in [0.1, 0.15) is 34.9 Å². The summed E-state index contributed by atoms with van der Waals surface area (Å²) in [6.45, 7) is 8.85. The Hall–Kier alpha value is -2.45. The zero-order valence-electron chi connectivity index (χ0n) is 16.9. The average Bonchev–Trinajstić information content (AvgIpc) is 3.28. The molecule has 2 aromatic heterocycles. The van der Waals surface area contributed by atoms with Crippen molar-refractivity contribution in [1.82, 2.24) is 24.6 Å². The van der Waals surface area contributed by atoms with Crippen molar-refractivity contribution >= 4 is 11.3 Å². The topological polar surface area (TPSA) is 65.3 Å². The molecule has 3 heterocycles. The lowest BCUT2D eigenvalue weighted by Crippen LogP contribution is -2.36. The molecule has 1 aliphatic rings. The number of rotatable bonds is 5. The van der Waals surface area contributed by atoms with Crippen LogP contribution in [-0.2, 0) is 13.1 Å². The Morgan fingerprint density at radius 1 is 1.14 bits per heavy atom. The van der Waals surface area contributed by atoms with Gasteiger partial charge in [-0.15, -0.1) is 21.5 Å². The van der Waals surface area contributed by atoms with E-state index in [0.29, 0.717) is 0 Å². The summed E-state index contributed by atoms with van der Waals surface area (Å²) in [4.78, 5) is 8.29. The maximum Gasteiger partial charge on any atom is 0.193 e. The van der Waals surface area contributed by atoms with Gasteiger partial charge < -0.3 is 14.0 Å². The third kappa shape index (κ3) is 3.27. The van der Waals surface area contributed by atoms with Crippen molar-refractivity contribution in [3.63, 3.8) is 0 Å². The predicted octanol–water partition coefficient (Wildman–Crippen LogP) is 3.61. The van der Waals surface area contributed by atoms with Crippen molar-refractivity contribution in [2.75, 3.05) is 20.8 Å². The monoisotopic (exact) mass is 399 g/mol. The summed E-state index contributed by atoms with van der Waals surface area (Å²) in [5.74, 6) is 3.50. The van der Waals surface area contributed by atoms with Crippen molar-refractivity contribution in [2.45, 2.75) is 39.9 Å². The molecule has 1 unspecified atom stereocenters. The van der Waals surface area contributed by atoms with Crippen LogP contribution in [0.4, 0.5) is 0 Å². The van der Waals surface area contributed by atoms with Crippen LogP contribution in [0, 0.1) is 13.8 Å². The third-order valence-electron chi connectivity index (χ3n) is 5.40. The van der Waals surface area contributed by atoms with Crippen LogP contribution >= 0.6 is 11.3 Å². The summed E-state index contributed by atoms with van der Waals surface area (Å²) >= 11 is 1.68. The van der Waals surface area contributed by atoms with Gasteiger partial charge in [-0.2, -0.15) is 0 Å². The molecule has 0 saturated heterocycles. The van der Waals surface area contributed by atoms with Gasteiger partial charge in [-0.1, -0.05) is 6.07 Å². The van der Waals surface area contributed by atoms with Crippen LogP contribution in [0.25, 0.3) is 10.8 Å². The van der Waals surface area contributed by atoms with E-state index in [9.17, 15) is 0 Å². The van der Waals surface area contributed by atoms with E-state index >= 15 is 0 Å². The highest BCUT2D eigenvalue weighted by Gasteiger charge is 2.30. The molecular weight excluding hydrogens is 374 g/mol. The van der Waals surface area contributed by atoms with E-state index in [-0.39, 0.29) is 6.04 Å². The number of methoxy groups -OCH3 is 2. The van der Waals surface area contributed by atoms with Crippen LogP contribution in [0.5, 0.6) is 11.5 Å². The maximum atomic E-state index is 5.56. The summed E-state index contributed by atoms with van der Waals surface area (Å²) in [6, 6.07) is 6.12. The van der Waals surface area contributed by atoms with Crippen molar-refractivity contribution in [3.05, 3.63) is 40.2 Å². The lowest BCUT2D eigenvalue weighted by molar-refractivity contribution is 0.155. The molecule has 1 aliphatic heterocycles. The molecule has 28 heavy (non-hydrogen) atoms. The fourth-order valence-corrected chi connectivity index (χ4v) is 4.48. The lowest BCUT2D eigenvalue weighted by atomic mass is 10.1. The molecule has 0 radical (unpaired) electrons. The van der Waals surface area contributed by atoms with Crippen LogP contribution in [0.15, 0.2) is 18.2 Å². The quantitative estimate of drug-likeness (QED) is 0.653. The molecule has 0 N–H and O–H groups in total. The molecule has 0 aliphatic carbocycles. The number of aryl methyl sites for hydroxylation is 2. The van der Waals surface area contributed by atoms with Gasteiger partial charge in [0.15, 0.2) is 16.7 Å². The number of nitrogens with zero attached hydrogens (tertiary/aromatic N) is 5. The van der Waals surface area contributed by atoms with Crippen LogP contribution in [-0.4, -0.2) is 45.4 Å². The van der Waals surface area contributed by atoms with Gasteiger partial charge in [0.2, 0.25) is 0 Å². The summed E-state index contributed by atoms with van der Waals surface area (Å²) in [5.41, 5.74) is 2.20. The summed E-state index contributed by atoms with van der Waals surface area (Å²) < 4.78 is 13.1. The summed E-state index contributed by atoms with van der Waals surface area (Å²) in [6.07, 6.45) is 0. The van der Waals surface area contributed by atoms with Gasteiger partial charge in [0, 0.05) is 36.1 Å². The van der Waals surface area contributed by atoms with Gasteiger partial charge in [-0.05, 0) is 26.8 Å². The molecule has 3 aromatic rings. The Morgan fingerprint density at radius 2 is 1.96 bits per heavy atom. The van der Waals surface area contributed by atoms with Crippen LogP contribution in [0.3, 0.4) is 0 Å². The van der Waals surface area contributed by atoms with E-state index in [4.69, 9.17) is 9.47 Å². The first-order valence-corrected chi connectivity index (χ1v) is 10.2. The van der Waals surface area contributed by atoms with Crippen molar-refractivity contribution in [1.29, 1.82) is 0 Å². The molecular formula is C20H25N5O2S. The number of hydrogen-bond donors (Lipinski definition) is 0. The second-order valence-corrected chi connectivity index (χ2v) is 8.22. The normalized spacial score (nSPS) is 16.8. The van der Waals surface area contributed by atoms with Crippen molar-refractivity contribution in [2.24, 2.45) is 0 Å². The molecule has 0 saturated carbocycles. The molecule has 0 fully saturated rings. The largest absolute Gasteiger partial charge is 0.497 e. The molecule has 0 bridgehead atoms. The lowest BCUT2D eigenvalue weighted by Gasteiger charge is -2.33. The molecule has 4 rings (SSSR count). The summed E-state index contributed by atoms with van der Waals surface area (Å²) in [5, 5.41) is 9.92. The number of ether oxygens (including phenoxy) is 2. The fourth-order valence-electron chi connectivity index (χ4n) is 3.57. The van der Waals surface area contributed by atoms with E-state index in [1.54, 1.807) is 25.6 Å². The standard InChI is InChI=1S/C20H25N5O2S/c1-12-14(3)28-20(21-12)19-23-22-18-13(2)24(8-9-25(18)19)11-15-6-7-16(26-4)10-17(15)27-5/h6-7,10,13H,8-9,11H2,1-5H3. The van der Waals surface area contributed by atoms with Gasteiger partial charge in [-0.3, -0.25) is 4.90 Å². The van der Waals surface area contributed by atoms with Crippen molar-refractivity contribution in [3.8, 4) is 22.3 Å². The van der Waals surface area contributed by atoms with E-state index in [0.717, 1.165) is 59.0 Å². The molecule has 148 valence electrons. The van der Waals surface area contributed by atoms with E-state index in [2.05, 4.69) is 44.6 Å². The first kappa shape index (κ1) is 18.9. The van der Waals surface area contributed by atoms with Gasteiger partial charge in [0.1, 0.15) is 11.5 Å². The second kappa shape index (κ2) is 7.52. The number of benzene rings is 1. The highest BCUT2D eigenvalue weighted by molar-refractivity contribution is 7.15. The minimum Gasteiger partial charge on any atom is -0.497 e. The molecule has 1 aromatic carbocycles. The Morgan fingerprint density at radius 3 is 2.64 bits per heavy atom. The predicted molar refractivity (Wildman–Crippen MR) is 109 cm³/mol. The maximum absolute atomic E-state index is 5.56. The minimum atomic E-state index is 0.156. The van der Waals surface area contributed by atoms with Crippen LogP contribution < -0.4 is 9.47 Å². The molecule has 0 spiro atoms. The second-order valence-electron chi connectivity index (χ2n) is 7.02. The van der Waals surface area contributed by atoms with Gasteiger partial charge in [0.05, 0.1) is 26.0 Å². The van der Waals surface area contributed by atoms with E-state index in [1.165, 1.54) is 4.88 Å². The van der Waals surface area contributed by atoms with E-state index in [1.807, 2.05) is 19.1 Å². The summed E-state index contributed by atoms with van der Waals surface area (Å²) in [7, 11) is 3.36. The third-order valence-corrected chi connectivity index (χ3v) is 6.47. The molecule has 0 amide bonds. The number of aromatic nitrogens is 4. The average molecular weight is 400 g/mol. The first-order chi connectivity index (χ1) is 13.5. The Labute approximate surface area is 168 Å². The van der Waals surface area contributed by atoms with Gasteiger partial charge in [-0.25, -0.2) is 4.98 Å². The number of thiazole rings is 1. The molecule has 1 atom stereocenters. The van der Waals surface area contributed by atoms with E-state index < -0.39 is 0 Å². The minimum absolute atomic E-state index is 0.156. The smallest absolute Gasteiger partial charge is 0.193 e. The van der Waals surface area contributed by atoms with Crippen LogP contribution in [0.2, 0.25) is 0 Å².